The van der Waals surface area contributed by atoms with Gasteiger partial charge in [0, 0.05) is 43.9 Å². The van der Waals surface area contributed by atoms with Crippen LogP contribution in [-0.4, -0.2) is 0 Å². The van der Waals surface area contributed by atoms with Gasteiger partial charge in [-0.25, -0.2) is 0 Å². The maximum Gasteiger partial charge on any atom is 0.139 e. The molecule has 1 radical (unpaired) electrons. The van der Waals surface area contributed by atoms with Gasteiger partial charge in [-0.05, 0) is 37.1 Å². The Morgan fingerprint density at radius 1 is 0.400 bits per heavy atom. The van der Waals surface area contributed by atoms with Gasteiger partial charge in [0.15, 0.2) is 0 Å². The van der Waals surface area contributed by atoms with Crippen molar-refractivity contribution in [1.82, 2.24) is 0 Å². The van der Waals surface area contributed by atoms with Crippen LogP contribution in [0.2, 0.25) is 0 Å². The van der Waals surface area contributed by atoms with Crippen LogP contribution in [-0.2, 0) is 22.2 Å². The van der Waals surface area contributed by atoms with Crippen LogP contribution in [0.5, 0.6) is 11.5 Å². The van der Waals surface area contributed by atoms with E-state index in [9.17, 15) is 0 Å². The molecule has 6 aromatic rings. The number of hydrogen-bond acceptors (Lipinski definition) is 1. The average molecular weight is 710 g/mol. The number of halogens is 2. The normalized spacial score (nSPS) is 12.4. The van der Waals surface area contributed by atoms with Gasteiger partial charge in [-0.15, -0.1) is 24.8 Å². The molecule has 1 heterocycles. The van der Waals surface area contributed by atoms with Crippen LogP contribution >= 0.6 is 40.7 Å². The molecule has 0 saturated heterocycles. The molecule has 1 aliphatic rings. The van der Waals surface area contributed by atoms with Gasteiger partial charge in [0.1, 0.15) is 11.5 Å². The van der Waals surface area contributed by atoms with Gasteiger partial charge in [0.25, 0.3) is 0 Å². The summed E-state index contributed by atoms with van der Waals surface area (Å²) < 4.78 is 7.26. The predicted molar refractivity (Wildman–Crippen MR) is 197 cm³/mol. The van der Waals surface area contributed by atoms with Crippen LogP contribution in [0.1, 0.15) is 25.0 Å². The molecule has 0 saturated carbocycles. The Morgan fingerprint density at radius 2 is 0.689 bits per heavy atom. The molecule has 0 unspecified atom stereocenters. The fourth-order valence-electron chi connectivity index (χ4n) is 6.01. The van der Waals surface area contributed by atoms with E-state index < -0.39 is 15.8 Å². The molecule has 0 N–H and O–H groups in total. The first-order valence-electron chi connectivity index (χ1n) is 14.4. The first-order chi connectivity index (χ1) is 20.6. The van der Waals surface area contributed by atoms with E-state index in [-0.39, 0.29) is 47.0 Å². The van der Waals surface area contributed by atoms with Gasteiger partial charge in [-0.2, -0.15) is 0 Å². The van der Waals surface area contributed by atoms with Crippen molar-refractivity contribution < 1.29 is 21.5 Å². The third kappa shape index (κ3) is 6.65. The largest absolute Gasteiger partial charge is 0.455 e. The third-order valence-corrected chi connectivity index (χ3v) is 13.0. The summed E-state index contributed by atoms with van der Waals surface area (Å²) in [6.07, 6.45) is 0. The van der Waals surface area contributed by atoms with E-state index >= 15 is 0 Å². The van der Waals surface area contributed by atoms with E-state index in [4.69, 9.17) is 4.74 Å². The van der Waals surface area contributed by atoms with Gasteiger partial charge in [0.2, 0.25) is 0 Å². The van der Waals surface area contributed by atoms with Crippen molar-refractivity contribution in [3.63, 3.8) is 0 Å². The molecule has 0 amide bonds. The van der Waals surface area contributed by atoms with Crippen molar-refractivity contribution in [2.75, 3.05) is 0 Å². The van der Waals surface area contributed by atoms with E-state index in [2.05, 4.69) is 172 Å². The summed E-state index contributed by atoms with van der Waals surface area (Å²) in [5.74, 6) is 2.02. The zero-order valence-corrected chi connectivity index (χ0v) is 29.4. The molecular formula is C39H34Cl2CoOP2. The Kier molecular flexibility index (Phi) is 11.7. The van der Waals surface area contributed by atoms with Crippen molar-refractivity contribution in [1.29, 1.82) is 0 Å². The number of fused-ring (bicyclic) bond motifs is 2. The van der Waals surface area contributed by atoms with Crippen LogP contribution < -0.4 is 36.6 Å². The van der Waals surface area contributed by atoms with E-state index in [1.807, 2.05) is 0 Å². The topological polar surface area (TPSA) is 9.23 Å². The van der Waals surface area contributed by atoms with E-state index in [1.165, 1.54) is 43.0 Å². The first-order valence-corrected chi connectivity index (χ1v) is 17.1. The molecule has 6 heteroatoms. The number of para-hydroxylation sites is 2. The van der Waals surface area contributed by atoms with Crippen molar-refractivity contribution >= 4 is 72.5 Å². The summed E-state index contributed by atoms with van der Waals surface area (Å²) in [6, 6.07) is 57.2. The van der Waals surface area contributed by atoms with E-state index in [0.717, 1.165) is 11.5 Å². The molecule has 0 aliphatic carbocycles. The van der Waals surface area contributed by atoms with Crippen molar-refractivity contribution in [3.05, 3.63) is 169 Å². The number of hydrogen-bond donors (Lipinski definition) is 0. The zero-order chi connectivity index (χ0) is 28.5. The summed E-state index contributed by atoms with van der Waals surface area (Å²) in [7, 11) is -1.65. The molecule has 1 nitrogen and oxygen atoms in total. The molecule has 0 atom stereocenters. The van der Waals surface area contributed by atoms with Gasteiger partial charge in [-0.1, -0.05) is 172 Å². The molecule has 0 spiro atoms. The number of benzene rings is 6. The van der Waals surface area contributed by atoms with Gasteiger partial charge in [0.05, 0.1) is 0 Å². The van der Waals surface area contributed by atoms with E-state index in [0.29, 0.717) is 0 Å². The summed E-state index contributed by atoms with van der Waals surface area (Å²) in [5.41, 5.74) is 2.26. The minimum atomic E-state index is -0.824. The SMILES string of the molecule is CC1(C)c2cccc(P(c3ccccc3)c3ccccc3)c2Oc2c(P(c3ccccc3)c3ccccc3)cccc21.Cl.Cl.[Co]. The summed E-state index contributed by atoms with van der Waals surface area (Å²) in [6.45, 7) is 4.70. The van der Waals surface area contributed by atoms with Gasteiger partial charge < -0.3 is 4.74 Å². The van der Waals surface area contributed by atoms with Crippen molar-refractivity contribution in [2.24, 2.45) is 0 Å². The first kappa shape index (κ1) is 34.9. The predicted octanol–water partition coefficient (Wildman–Crippen LogP) is 8.48. The average Bonchev–Trinajstić information content (AvgIpc) is 3.04. The second-order valence-corrected chi connectivity index (χ2v) is 15.4. The smallest absolute Gasteiger partial charge is 0.139 e. The van der Waals surface area contributed by atoms with Crippen LogP contribution in [0.3, 0.4) is 0 Å². The van der Waals surface area contributed by atoms with Crippen LogP contribution in [0, 0.1) is 0 Å². The molecule has 1 aliphatic heterocycles. The standard InChI is InChI=1S/C39H32OP2.2ClH.Co/c1-39(2)33-25-15-27-35(41(29-17-7-3-8-18-29)30-19-9-4-10-20-30)37(33)40-38-34(39)26-16-28-36(38)42(31-21-11-5-12-22-31)32-23-13-6-14-24-32;;;/h3-28H,1-2H3;2*1H;. The zero-order valence-electron chi connectivity index (χ0n) is 25.0. The quantitative estimate of drug-likeness (QED) is 0.158. The molecule has 45 heavy (non-hydrogen) atoms. The molecular weight excluding hydrogens is 676 g/mol. The van der Waals surface area contributed by atoms with Crippen molar-refractivity contribution in [3.8, 4) is 11.5 Å². The Bertz CT molecular complexity index is 1620. The van der Waals surface area contributed by atoms with Gasteiger partial charge >= 0.3 is 0 Å². The maximum absolute atomic E-state index is 7.26. The fraction of sp³-hybridized carbons (Fsp3) is 0.0769. The minimum absolute atomic E-state index is 0. The van der Waals surface area contributed by atoms with E-state index in [1.54, 1.807) is 0 Å². The van der Waals surface area contributed by atoms with Crippen LogP contribution in [0.4, 0.5) is 0 Å². The maximum atomic E-state index is 7.26. The van der Waals surface area contributed by atoms with Crippen LogP contribution in [0.15, 0.2) is 158 Å². The van der Waals surface area contributed by atoms with Crippen LogP contribution in [0.25, 0.3) is 0 Å². The van der Waals surface area contributed by atoms with Crippen molar-refractivity contribution in [2.45, 2.75) is 19.3 Å². The molecule has 0 bridgehead atoms. The number of rotatable bonds is 6. The Hall–Kier alpha value is -2.93. The summed E-state index contributed by atoms with van der Waals surface area (Å²) in [5, 5.41) is 7.81. The Morgan fingerprint density at radius 3 is 0.978 bits per heavy atom. The molecule has 0 fully saturated rings. The minimum Gasteiger partial charge on any atom is -0.455 e. The third-order valence-electron chi connectivity index (χ3n) is 8.08. The molecule has 229 valence electrons. The molecule has 0 aromatic heterocycles. The second-order valence-electron chi connectivity index (χ2n) is 11.0. The monoisotopic (exact) mass is 709 g/mol. The fourth-order valence-corrected chi connectivity index (χ4v) is 10.8. The Balaban J connectivity index is 0.00000154. The molecule has 7 rings (SSSR count). The summed E-state index contributed by atoms with van der Waals surface area (Å²) in [4.78, 5) is 0. The number of ether oxygens (including phenoxy) is 1. The molecule has 6 aromatic carbocycles. The second kappa shape index (κ2) is 15.1. The Labute approximate surface area is 292 Å². The van der Waals surface area contributed by atoms with Gasteiger partial charge in [-0.3, -0.25) is 0 Å². The summed E-state index contributed by atoms with van der Waals surface area (Å²) >= 11 is 0.